The van der Waals surface area contributed by atoms with E-state index in [-0.39, 0.29) is 31.0 Å². The summed E-state index contributed by atoms with van der Waals surface area (Å²) in [5.41, 5.74) is 6.77. The Balaban J connectivity index is 0.000000367. The van der Waals surface area contributed by atoms with Crippen LogP contribution in [-0.4, -0.2) is 56.2 Å². The van der Waals surface area contributed by atoms with E-state index >= 15 is 0 Å². The Morgan fingerprint density at radius 3 is 2.29 bits per heavy atom. The molecule has 0 radical (unpaired) electrons. The highest BCUT2D eigenvalue weighted by Gasteiger charge is 2.41. The third-order valence-corrected chi connectivity index (χ3v) is 6.07. The number of benzene rings is 2. The first kappa shape index (κ1) is 29.3. The third kappa shape index (κ3) is 7.29. The summed E-state index contributed by atoms with van der Waals surface area (Å²) < 4.78 is 24.8. The Labute approximate surface area is 236 Å². The molecule has 0 unspecified atom stereocenters. The van der Waals surface area contributed by atoms with Crippen molar-refractivity contribution in [2.45, 2.75) is 33.1 Å². The summed E-state index contributed by atoms with van der Waals surface area (Å²) in [6.45, 7) is 5.48. The lowest BCUT2D eigenvalue weighted by molar-refractivity contribution is -0.236. The normalized spacial score (nSPS) is 18.3. The fraction of sp³-hybridized carbons (Fsp3) is 0.276. The Kier molecular flexibility index (Phi) is 9.05. The van der Waals surface area contributed by atoms with Crippen LogP contribution in [0.25, 0.3) is 22.6 Å². The number of nitrogens with two attached hydrogens (primary N) is 1. The first-order valence-electron chi connectivity index (χ1n) is 12.8. The minimum atomic E-state index is -1.13. The maximum Gasteiger partial charge on any atom is 0.314 e. The van der Waals surface area contributed by atoms with E-state index in [1.807, 2.05) is 19.9 Å². The van der Waals surface area contributed by atoms with E-state index in [9.17, 15) is 19.1 Å². The zero-order valence-electron chi connectivity index (χ0n) is 22.8. The van der Waals surface area contributed by atoms with Crippen LogP contribution in [-0.2, 0) is 14.3 Å². The van der Waals surface area contributed by atoms with Gasteiger partial charge in [-0.1, -0.05) is 18.2 Å². The number of nitrogens with zero attached hydrogens (tertiary/aromatic N) is 3. The number of amides is 1. The number of hydrogen-bond acceptors (Lipinski definition) is 8. The first-order chi connectivity index (χ1) is 19.6. The molecule has 12 heteroatoms. The smallest absolute Gasteiger partial charge is 0.314 e. The standard InChI is InChI=1S/C22H24FN5O4.C7H7NO/c1-12(2)25-21-24-9-8-15(26-21)17-16(13-4-6-14(23)7-5-13)27-18(28-17)19-31-10-22(3,11-32-19)20(29)30;8-7(9)6-4-2-1-3-5-6/h4-9,12,19H,10-11H2,1-3H3,(H,27,28)(H,29,30)(H,24,25,26);1-5H,(H2,8,9). The number of ether oxygens (including phenoxy) is 2. The van der Waals surface area contributed by atoms with E-state index in [4.69, 9.17) is 15.2 Å². The number of aromatic nitrogens is 4. The number of rotatable bonds is 7. The van der Waals surface area contributed by atoms with Gasteiger partial charge >= 0.3 is 5.97 Å². The summed E-state index contributed by atoms with van der Waals surface area (Å²) in [5.74, 6) is -0.905. The lowest BCUT2D eigenvalue weighted by Gasteiger charge is -2.33. The summed E-state index contributed by atoms with van der Waals surface area (Å²) in [6, 6.07) is 16.6. The van der Waals surface area contributed by atoms with E-state index in [0.717, 1.165) is 0 Å². The molecule has 0 saturated carbocycles. The van der Waals surface area contributed by atoms with E-state index < -0.39 is 17.7 Å². The summed E-state index contributed by atoms with van der Waals surface area (Å²) >= 11 is 0. The molecule has 3 heterocycles. The number of aromatic amines is 1. The highest BCUT2D eigenvalue weighted by molar-refractivity contribution is 5.92. The predicted octanol–water partition coefficient (Wildman–Crippen LogP) is 4.41. The number of primary amides is 1. The Morgan fingerprint density at radius 2 is 1.73 bits per heavy atom. The molecule has 1 aliphatic heterocycles. The molecule has 1 fully saturated rings. The molecule has 1 amide bonds. The molecule has 41 heavy (non-hydrogen) atoms. The summed E-state index contributed by atoms with van der Waals surface area (Å²) in [4.78, 5) is 38.5. The maximum absolute atomic E-state index is 13.5. The molecule has 0 atom stereocenters. The summed E-state index contributed by atoms with van der Waals surface area (Å²) in [7, 11) is 0. The molecule has 0 bridgehead atoms. The van der Waals surface area contributed by atoms with Crippen LogP contribution in [0.2, 0.25) is 0 Å². The van der Waals surface area contributed by atoms with Crippen LogP contribution in [0.1, 0.15) is 43.2 Å². The van der Waals surface area contributed by atoms with E-state index in [1.54, 1.807) is 55.6 Å². The zero-order chi connectivity index (χ0) is 29.6. The van der Waals surface area contributed by atoms with Crippen LogP contribution >= 0.6 is 0 Å². The number of carbonyl (C=O) groups excluding carboxylic acids is 1. The van der Waals surface area contributed by atoms with Crippen molar-refractivity contribution in [2.75, 3.05) is 18.5 Å². The van der Waals surface area contributed by atoms with Crippen molar-refractivity contribution in [3.05, 3.63) is 84.1 Å². The van der Waals surface area contributed by atoms with Crippen molar-refractivity contribution in [3.8, 4) is 22.6 Å². The minimum Gasteiger partial charge on any atom is -0.481 e. The van der Waals surface area contributed by atoms with Gasteiger partial charge in [0.1, 0.15) is 11.2 Å². The second kappa shape index (κ2) is 12.7. The third-order valence-electron chi connectivity index (χ3n) is 6.07. The highest BCUT2D eigenvalue weighted by atomic mass is 19.1. The van der Waals surface area contributed by atoms with Gasteiger partial charge in [-0.3, -0.25) is 9.59 Å². The average Bonchev–Trinajstić information content (AvgIpc) is 3.40. The fourth-order valence-corrected chi connectivity index (χ4v) is 3.82. The largest absolute Gasteiger partial charge is 0.481 e. The average molecular weight is 563 g/mol. The molecular weight excluding hydrogens is 531 g/mol. The second-order valence-electron chi connectivity index (χ2n) is 9.97. The topological polar surface area (TPSA) is 165 Å². The van der Waals surface area contributed by atoms with Crippen molar-refractivity contribution >= 4 is 17.8 Å². The molecule has 2 aromatic heterocycles. The fourth-order valence-electron chi connectivity index (χ4n) is 3.82. The van der Waals surface area contributed by atoms with Gasteiger partial charge in [0, 0.05) is 23.4 Å². The van der Waals surface area contributed by atoms with Gasteiger partial charge in [0.05, 0.1) is 30.3 Å². The van der Waals surface area contributed by atoms with Crippen molar-refractivity contribution < 1.29 is 28.6 Å². The molecule has 4 aromatic rings. The SMILES string of the molecule is CC(C)Nc1nccc(-c2[nH]c(C3OCC(C)(C(=O)O)CO3)nc2-c2ccc(F)cc2)n1.NC(=O)c1ccccc1. The number of nitrogens with one attached hydrogen (secondary N) is 2. The van der Waals surface area contributed by atoms with Gasteiger partial charge in [0.15, 0.2) is 5.82 Å². The Hall–Kier alpha value is -4.68. The van der Waals surface area contributed by atoms with Gasteiger partial charge in [0.2, 0.25) is 18.1 Å². The molecule has 2 aromatic carbocycles. The van der Waals surface area contributed by atoms with E-state index in [2.05, 4.69) is 25.3 Å². The maximum atomic E-state index is 13.5. The van der Waals surface area contributed by atoms with Crippen molar-refractivity contribution in [3.63, 3.8) is 0 Å². The number of imidazole rings is 1. The number of H-pyrrole nitrogens is 1. The van der Waals surface area contributed by atoms with Crippen LogP contribution < -0.4 is 11.1 Å². The Bertz CT molecular complexity index is 1490. The number of halogens is 1. The molecule has 214 valence electrons. The molecule has 0 aliphatic carbocycles. The van der Waals surface area contributed by atoms with Crippen molar-refractivity contribution in [1.82, 2.24) is 19.9 Å². The number of carboxylic acids is 1. The number of carbonyl (C=O) groups is 2. The predicted molar refractivity (Wildman–Crippen MR) is 149 cm³/mol. The van der Waals surface area contributed by atoms with E-state index in [0.29, 0.717) is 40.0 Å². The van der Waals surface area contributed by atoms with E-state index in [1.165, 1.54) is 12.1 Å². The minimum absolute atomic E-state index is 0.0229. The summed E-state index contributed by atoms with van der Waals surface area (Å²) in [5, 5.41) is 12.5. The van der Waals surface area contributed by atoms with Crippen molar-refractivity contribution in [1.29, 1.82) is 0 Å². The lowest BCUT2D eigenvalue weighted by Crippen LogP contribution is -2.42. The second-order valence-corrected chi connectivity index (χ2v) is 9.97. The van der Waals surface area contributed by atoms with Crippen LogP contribution in [0.3, 0.4) is 0 Å². The molecular formula is C29H31FN6O5. The van der Waals surface area contributed by atoms with Crippen molar-refractivity contribution in [2.24, 2.45) is 11.1 Å². The number of aliphatic carboxylic acids is 1. The van der Waals surface area contributed by atoms with Crippen LogP contribution in [0.4, 0.5) is 10.3 Å². The zero-order valence-corrected chi connectivity index (χ0v) is 22.8. The van der Waals surface area contributed by atoms with Gasteiger partial charge < -0.3 is 30.6 Å². The lowest BCUT2D eigenvalue weighted by atomic mass is 9.92. The van der Waals surface area contributed by atoms with Gasteiger partial charge in [-0.05, 0) is 63.2 Å². The molecule has 11 nitrogen and oxygen atoms in total. The van der Waals surface area contributed by atoms with Gasteiger partial charge in [-0.2, -0.15) is 0 Å². The van der Waals surface area contributed by atoms with Gasteiger partial charge in [-0.25, -0.2) is 19.3 Å². The quantitative estimate of drug-likeness (QED) is 0.255. The number of hydrogen-bond donors (Lipinski definition) is 4. The molecule has 0 spiro atoms. The highest BCUT2D eigenvalue weighted by Crippen LogP contribution is 2.35. The van der Waals surface area contributed by atoms with Crippen LogP contribution in [0.15, 0.2) is 66.9 Å². The molecule has 1 saturated heterocycles. The molecule has 1 aliphatic rings. The summed E-state index contributed by atoms with van der Waals surface area (Å²) in [6.07, 6.45) is 0.763. The first-order valence-corrected chi connectivity index (χ1v) is 12.8. The molecule has 5 N–H and O–H groups in total. The molecule has 5 rings (SSSR count). The Morgan fingerprint density at radius 1 is 1.07 bits per heavy atom. The van der Waals surface area contributed by atoms with Crippen LogP contribution in [0.5, 0.6) is 0 Å². The van der Waals surface area contributed by atoms with Gasteiger partial charge in [-0.15, -0.1) is 0 Å². The van der Waals surface area contributed by atoms with Crippen LogP contribution in [0, 0.1) is 11.2 Å². The number of carboxylic acid groups (broad SMARTS) is 1. The monoisotopic (exact) mass is 562 g/mol. The number of anilines is 1. The van der Waals surface area contributed by atoms with Gasteiger partial charge in [0.25, 0.3) is 0 Å².